The van der Waals surface area contributed by atoms with Crippen molar-refractivity contribution in [1.82, 2.24) is 42.5 Å². The highest BCUT2D eigenvalue weighted by atomic mass is 32.1. The maximum absolute atomic E-state index is 13.7. The first kappa shape index (κ1) is 57.0. The van der Waals surface area contributed by atoms with Crippen LogP contribution < -0.4 is 48.3 Å². The number of carboxylic acid groups (broad SMARTS) is 2. The first-order chi connectivity index (χ1) is 30.4. The minimum Gasteiger partial charge on any atom is -0.508 e. The van der Waals surface area contributed by atoms with Gasteiger partial charge in [0.15, 0.2) is 0 Å². The fourth-order valence-corrected chi connectivity index (χ4v) is 6.17. The van der Waals surface area contributed by atoms with Crippen LogP contribution in [0.1, 0.15) is 72.8 Å². The fraction of sp³-hybridized carbons (Fsp3) is 0.610. The molecule has 23 nitrogen and oxygen atoms in total. The molecular formula is C41H65N9O14S. The minimum absolute atomic E-state index is 0.0244. The Labute approximate surface area is 382 Å². The lowest BCUT2D eigenvalue weighted by Gasteiger charge is -2.26. The van der Waals surface area contributed by atoms with Crippen LogP contribution in [-0.2, 0) is 54.4 Å². The highest BCUT2D eigenvalue weighted by Crippen LogP contribution is 2.13. The van der Waals surface area contributed by atoms with Gasteiger partial charge < -0.3 is 68.7 Å². The lowest BCUT2D eigenvalue weighted by molar-refractivity contribution is -0.143. The van der Waals surface area contributed by atoms with Crippen molar-refractivity contribution in [3.63, 3.8) is 0 Å². The van der Waals surface area contributed by atoms with Crippen LogP contribution in [0.3, 0.4) is 0 Å². The van der Waals surface area contributed by atoms with E-state index in [1.807, 2.05) is 13.8 Å². The van der Waals surface area contributed by atoms with Gasteiger partial charge >= 0.3 is 11.9 Å². The molecule has 1 rings (SSSR count). The third kappa shape index (κ3) is 22.4. The van der Waals surface area contributed by atoms with E-state index in [1.54, 1.807) is 27.7 Å². The Morgan fingerprint density at radius 2 is 0.954 bits per heavy atom. The molecule has 8 amide bonds. The molecule has 0 aliphatic carbocycles. The van der Waals surface area contributed by atoms with Gasteiger partial charge in [0.2, 0.25) is 47.3 Å². The van der Waals surface area contributed by atoms with Gasteiger partial charge in [-0.25, -0.2) is 4.79 Å². The van der Waals surface area contributed by atoms with Gasteiger partial charge in [-0.2, -0.15) is 12.6 Å². The fourth-order valence-electron chi connectivity index (χ4n) is 6.00. The zero-order valence-corrected chi connectivity index (χ0v) is 38.2. The summed E-state index contributed by atoms with van der Waals surface area (Å²) >= 11 is 3.99. The number of nitrogens with one attached hydrogen (secondary N) is 8. The van der Waals surface area contributed by atoms with Crippen LogP contribution in [0.25, 0.3) is 0 Å². The highest BCUT2D eigenvalue weighted by Gasteiger charge is 2.33. The second kappa shape index (κ2) is 28.7. The molecular weight excluding hydrogens is 875 g/mol. The van der Waals surface area contributed by atoms with Crippen LogP contribution in [0, 0.1) is 17.8 Å². The summed E-state index contributed by atoms with van der Waals surface area (Å²) in [4.78, 5) is 128. The number of phenolic OH excluding ortho intramolecular Hbond substituents is 1. The van der Waals surface area contributed by atoms with Crippen LogP contribution in [0.5, 0.6) is 5.75 Å². The second-order valence-corrected chi connectivity index (χ2v) is 17.0. The summed E-state index contributed by atoms with van der Waals surface area (Å²) in [5, 5.41) is 57.7. The van der Waals surface area contributed by atoms with E-state index < -0.39 is 128 Å². The molecule has 0 spiro atoms. The monoisotopic (exact) mass is 939 g/mol. The summed E-state index contributed by atoms with van der Waals surface area (Å²) in [6.07, 6.45) is -1.01. The predicted octanol–water partition coefficient (Wildman–Crippen LogP) is -2.98. The largest absolute Gasteiger partial charge is 0.508 e. The van der Waals surface area contributed by atoms with Crippen LogP contribution in [0.4, 0.5) is 0 Å². The standard InChI is InChI=1S/C41H65N9O14S/c1-20(2)11-26(47-35(57)25(42)19-65)36(58)43-16-32(53)45-27(12-21(3)4)38(60)50-31(18-51)40(62)48-28(14-23-7-9-24(52)10-8-23)39(61)49-29(15-34(55)56)37(59)44-17-33(54)46-30(41(63)64)13-22(5)6/h7-10,20-22,25-31,51-52,65H,11-19,42H2,1-6H3,(H,43,58)(H,44,59)(H,45,53)(H,46,54)(H,47,57)(H,48,62)(H,49,61)(H,50,60)(H,55,56)(H,63,64)/t25-,26-,27-,28-,29-,30-,31-/m0/s1. The summed E-state index contributed by atoms with van der Waals surface area (Å²) < 4.78 is 0. The van der Waals surface area contributed by atoms with Crippen LogP contribution >= 0.6 is 12.6 Å². The number of phenols is 1. The van der Waals surface area contributed by atoms with Gasteiger partial charge in [-0.3, -0.25) is 43.2 Å². The lowest BCUT2D eigenvalue weighted by atomic mass is 10.0. The number of rotatable bonds is 29. The van der Waals surface area contributed by atoms with Gasteiger partial charge in [0.1, 0.15) is 42.0 Å². The van der Waals surface area contributed by atoms with Crippen molar-refractivity contribution >= 4 is 71.8 Å². The molecule has 14 N–H and O–H groups in total. The number of carbonyl (C=O) groups excluding carboxylic acids is 8. The summed E-state index contributed by atoms with van der Waals surface area (Å²) in [5.41, 5.74) is 6.07. The molecule has 1 aromatic rings. The smallest absolute Gasteiger partial charge is 0.326 e. The predicted molar refractivity (Wildman–Crippen MR) is 237 cm³/mol. The van der Waals surface area contributed by atoms with E-state index in [1.165, 1.54) is 24.3 Å². The molecule has 7 atom stereocenters. The van der Waals surface area contributed by atoms with Gasteiger partial charge in [-0.15, -0.1) is 0 Å². The molecule has 0 saturated heterocycles. The summed E-state index contributed by atoms with van der Waals surface area (Å²) in [6, 6.07) is -4.42. The van der Waals surface area contributed by atoms with E-state index in [-0.39, 0.29) is 54.9 Å². The van der Waals surface area contributed by atoms with Crippen LogP contribution in [0.2, 0.25) is 0 Å². The van der Waals surface area contributed by atoms with Gasteiger partial charge in [0.05, 0.1) is 32.2 Å². The number of amides is 8. The van der Waals surface area contributed by atoms with Crippen molar-refractivity contribution in [2.75, 3.05) is 25.4 Å². The minimum atomic E-state index is -1.83. The van der Waals surface area contributed by atoms with E-state index in [9.17, 15) is 68.4 Å². The molecule has 0 heterocycles. The number of thiol groups is 1. The Bertz CT molecular complexity index is 1820. The van der Waals surface area contributed by atoms with E-state index >= 15 is 0 Å². The topological polar surface area (TPSA) is 374 Å². The number of aromatic hydroxyl groups is 1. The summed E-state index contributed by atoms with van der Waals surface area (Å²) in [7, 11) is 0. The third-order valence-corrected chi connectivity index (χ3v) is 9.65. The molecule has 0 fully saturated rings. The maximum Gasteiger partial charge on any atom is 0.326 e. The zero-order chi connectivity index (χ0) is 49.6. The molecule has 24 heteroatoms. The number of benzene rings is 1. The van der Waals surface area contributed by atoms with Gasteiger partial charge in [0.25, 0.3) is 0 Å². The number of aliphatic hydroxyl groups excluding tert-OH is 1. The second-order valence-electron chi connectivity index (χ2n) is 16.6. The van der Waals surface area contributed by atoms with Crippen molar-refractivity contribution in [2.24, 2.45) is 23.5 Å². The Balaban J connectivity index is 3.22. The van der Waals surface area contributed by atoms with Gasteiger partial charge in [-0.05, 0) is 54.7 Å². The van der Waals surface area contributed by atoms with Crippen LogP contribution in [0.15, 0.2) is 24.3 Å². The van der Waals surface area contributed by atoms with Gasteiger partial charge in [-0.1, -0.05) is 53.7 Å². The number of hydrogen-bond acceptors (Lipinski definition) is 14. The molecule has 0 aromatic heterocycles. The van der Waals surface area contributed by atoms with Crippen molar-refractivity contribution in [1.29, 1.82) is 0 Å². The van der Waals surface area contributed by atoms with E-state index in [0.29, 0.717) is 5.56 Å². The van der Waals surface area contributed by atoms with Crippen molar-refractivity contribution in [2.45, 2.75) is 116 Å². The van der Waals surface area contributed by atoms with Gasteiger partial charge in [0, 0.05) is 12.2 Å². The third-order valence-electron chi connectivity index (χ3n) is 9.26. The first-order valence-corrected chi connectivity index (χ1v) is 21.6. The van der Waals surface area contributed by atoms with Crippen molar-refractivity contribution in [3.05, 3.63) is 29.8 Å². The summed E-state index contributed by atoms with van der Waals surface area (Å²) in [6.45, 7) is 8.17. The summed E-state index contributed by atoms with van der Waals surface area (Å²) in [5.74, 6) is -10.7. The quantitative estimate of drug-likeness (QED) is 0.0357. The lowest BCUT2D eigenvalue weighted by Crippen LogP contribution is -2.60. The van der Waals surface area contributed by atoms with Crippen molar-refractivity contribution < 1.29 is 68.4 Å². The Kier molecular flexibility index (Phi) is 25.2. The average Bonchev–Trinajstić information content (AvgIpc) is 3.21. The molecule has 1 aromatic carbocycles. The number of hydrogen-bond donors (Lipinski definition) is 14. The molecule has 0 saturated carbocycles. The molecule has 364 valence electrons. The zero-order valence-electron chi connectivity index (χ0n) is 37.3. The SMILES string of the molecule is CC(C)C[C@H](NC(=O)CNC(=O)[C@H](CC(=O)O)NC(=O)[C@H](Cc1ccc(O)cc1)NC(=O)[C@H](CO)NC(=O)[C@H](CC(C)C)NC(=O)CNC(=O)[C@H](CC(C)C)NC(=O)[C@@H](N)CS)C(=O)O. The highest BCUT2D eigenvalue weighted by molar-refractivity contribution is 7.80. The normalized spacial score (nSPS) is 14.3. The Morgan fingerprint density at radius 1 is 0.554 bits per heavy atom. The molecule has 0 bridgehead atoms. The van der Waals surface area contributed by atoms with Crippen molar-refractivity contribution in [3.8, 4) is 5.75 Å². The molecule has 0 aliphatic heterocycles. The number of carboxylic acids is 2. The van der Waals surface area contributed by atoms with E-state index in [0.717, 1.165) is 0 Å². The Morgan fingerprint density at radius 3 is 1.42 bits per heavy atom. The maximum atomic E-state index is 13.7. The number of nitrogens with two attached hydrogens (primary N) is 1. The average molecular weight is 940 g/mol. The number of carbonyl (C=O) groups is 10. The molecule has 65 heavy (non-hydrogen) atoms. The van der Waals surface area contributed by atoms with E-state index in [2.05, 4.69) is 55.2 Å². The van der Waals surface area contributed by atoms with E-state index in [4.69, 9.17) is 5.73 Å². The Hall–Kier alpha value is -6.01. The number of aliphatic hydroxyl groups is 1. The number of aliphatic carboxylic acids is 2. The molecule has 0 aliphatic rings. The molecule has 0 unspecified atom stereocenters. The first-order valence-electron chi connectivity index (χ1n) is 20.9. The molecule has 0 radical (unpaired) electrons. The van der Waals surface area contributed by atoms with Crippen LogP contribution in [-0.4, -0.2) is 147 Å².